The molecule has 0 N–H and O–H groups in total. The Morgan fingerprint density at radius 1 is 0.545 bits per heavy atom. The van der Waals surface area contributed by atoms with Crippen molar-refractivity contribution in [2.75, 3.05) is 17.3 Å². The third-order valence-corrected chi connectivity index (χ3v) is 8.23. The van der Waals surface area contributed by atoms with Gasteiger partial charge >= 0.3 is 30.4 Å². The lowest BCUT2D eigenvalue weighted by Crippen LogP contribution is -2.19. The van der Waals surface area contributed by atoms with Gasteiger partial charge in [-0.05, 0) is 31.4 Å². The van der Waals surface area contributed by atoms with E-state index < -0.39 is 47.6 Å². The zero-order valence-corrected chi connectivity index (χ0v) is 22.1. The molecule has 1 rings (SSSR count). The van der Waals surface area contributed by atoms with E-state index in [2.05, 4.69) is 0 Å². The Labute approximate surface area is 199 Å². The number of benzene rings is 1. The van der Waals surface area contributed by atoms with Crippen LogP contribution in [-0.4, -0.2) is 42.5 Å². The Balaban J connectivity index is 3.28. The summed E-state index contributed by atoms with van der Waals surface area (Å²) in [5.74, 6) is -2.33. The lowest BCUT2D eigenvalue weighted by atomic mass is 10.3. The first-order valence-corrected chi connectivity index (χ1v) is 16.1. The summed E-state index contributed by atoms with van der Waals surface area (Å²) in [7, 11) is -12.3. The van der Waals surface area contributed by atoms with E-state index in [1.54, 1.807) is 0 Å². The van der Waals surface area contributed by atoms with Gasteiger partial charge in [-0.1, -0.05) is 65.4 Å². The Kier molecular flexibility index (Phi) is 12.5. The van der Waals surface area contributed by atoms with Crippen LogP contribution in [-0.2, 0) is 30.4 Å². The lowest BCUT2D eigenvalue weighted by Gasteiger charge is -2.16. The molecule has 0 bridgehead atoms. The minimum atomic E-state index is -4.15. The van der Waals surface area contributed by atoms with Gasteiger partial charge in [0.25, 0.3) is 0 Å². The molecule has 0 atom stereocenters. The van der Waals surface area contributed by atoms with Crippen LogP contribution in [0.25, 0.3) is 0 Å². The molecule has 0 spiro atoms. The number of para-hydroxylation sites is 1. The van der Waals surface area contributed by atoms with Gasteiger partial charge in [0.1, 0.15) is 0 Å². The van der Waals surface area contributed by atoms with Crippen LogP contribution in [0.3, 0.4) is 0 Å². The zero-order valence-electron chi connectivity index (χ0n) is 19.6. The molecular weight excluding hydrogens is 492 g/mol. The zero-order chi connectivity index (χ0) is 25.0. The Morgan fingerprint density at radius 3 is 1.21 bits per heavy atom. The average Bonchev–Trinajstić information content (AvgIpc) is 2.70. The minimum absolute atomic E-state index is 0.274. The molecular formula is C21H36O9S3. The van der Waals surface area contributed by atoms with E-state index in [9.17, 15) is 25.3 Å². The molecule has 0 aromatic heterocycles. The maximum Gasteiger partial charge on any atom is 0.309 e. The van der Waals surface area contributed by atoms with Crippen molar-refractivity contribution in [3.05, 3.63) is 18.2 Å². The monoisotopic (exact) mass is 528 g/mol. The smallest absolute Gasteiger partial charge is 0.309 e. The molecule has 33 heavy (non-hydrogen) atoms. The molecule has 1 aromatic rings. The first kappa shape index (κ1) is 29.5. The third kappa shape index (κ3) is 11.9. The molecule has 0 unspecified atom stereocenters. The SMILES string of the molecule is CCCCCS(=O)(=O)Oc1cccc(OS(=O)(=O)CCCCC)c1OS(=O)(=O)CCCCC. The van der Waals surface area contributed by atoms with Gasteiger partial charge in [-0.2, -0.15) is 25.3 Å². The number of hydrogen-bond donors (Lipinski definition) is 0. The fourth-order valence-electron chi connectivity index (χ4n) is 2.82. The van der Waals surface area contributed by atoms with Gasteiger partial charge in [-0.25, -0.2) is 0 Å². The van der Waals surface area contributed by atoms with Gasteiger partial charge in [0.15, 0.2) is 11.5 Å². The normalized spacial score (nSPS) is 12.5. The number of unbranched alkanes of at least 4 members (excludes halogenated alkanes) is 6. The molecule has 0 saturated carbocycles. The van der Waals surface area contributed by atoms with E-state index in [-0.39, 0.29) is 17.3 Å². The maximum atomic E-state index is 12.5. The summed E-state index contributed by atoms with van der Waals surface area (Å²) >= 11 is 0. The molecule has 9 nitrogen and oxygen atoms in total. The molecule has 0 aliphatic rings. The molecule has 0 fully saturated rings. The van der Waals surface area contributed by atoms with Gasteiger partial charge in [0.2, 0.25) is 5.75 Å². The topological polar surface area (TPSA) is 130 Å². The minimum Gasteiger partial charge on any atom is -0.378 e. The molecule has 0 radical (unpaired) electrons. The van der Waals surface area contributed by atoms with Crippen LogP contribution in [0.15, 0.2) is 18.2 Å². The summed E-state index contributed by atoms with van der Waals surface area (Å²) < 4.78 is 89.9. The lowest BCUT2D eigenvalue weighted by molar-refractivity contribution is 0.426. The van der Waals surface area contributed by atoms with Crippen LogP contribution in [0.4, 0.5) is 0 Å². The van der Waals surface area contributed by atoms with Crippen LogP contribution >= 0.6 is 0 Å². The molecule has 0 saturated heterocycles. The van der Waals surface area contributed by atoms with E-state index >= 15 is 0 Å². The second-order valence-corrected chi connectivity index (χ2v) is 12.8. The van der Waals surface area contributed by atoms with Crippen LogP contribution in [0.1, 0.15) is 78.6 Å². The summed E-state index contributed by atoms with van der Waals surface area (Å²) in [5.41, 5.74) is 0. The van der Waals surface area contributed by atoms with Crippen molar-refractivity contribution in [2.24, 2.45) is 0 Å². The summed E-state index contributed by atoms with van der Waals surface area (Å²) in [4.78, 5) is 0. The van der Waals surface area contributed by atoms with Crippen molar-refractivity contribution in [1.29, 1.82) is 0 Å². The van der Waals surface area contributed by atoms with Gasteiger partial charge < -0.3 is 12.5 Å². The second-order valence-electron chi connectivity index (χ2n) is 7.74. The highest BCUT2D eigenvalue weighted by atomic mass is 32.2. The van der Waals surface area contributed by atoms with E-state index in [4.69, 9.17) is 12.5 Å². The van der Waals surface area contributed by atoms with Crippen molar-refractivity contribution in [3.63, 3.8) is 0 Å². The van der Waals surface area contributed by atoms with E-state index in [0.717, 1.165) is 19.3 Å². The van der Waals surface area contributed by atoms with Gasteiger partial charge in [-0.15, -0.1) is 0 Å². The van der Waals surface area contributed by atoms with Gasteiger partial charge in [0, 0.05) is 0 Å². The first-order valence-electron chi connectivity index (χ1n) is 11.3. The highest BCUT2D eigenvalue weighted by Crippen LogP contribution is 2.40. The Bertz CT molecular complexity index is 970. The summed E-state index contributed by atoms with van der Waals surface area (Å²) in [6.07, 6.45) is 5.48. The fraction of sp³-hybridized carbons (Fsp3) is 0.714. The van der Waals surface area contributed by atoms with Crippen LogP contribution in [0.2, 0.25) is 0 Å². The van der Waals surface area contributed by atoms with Crippen LogP contribution in [0.5, 0.6) is 17.2 Å². The van der Waals surface area contributed by atoms with Gasteiger partial charge in [-0.3, -0.25) is 0 Å². The molecule has 0 heterocycles. The van der Waals surface area contributed by atoms with Gasteiger partial charge in [0.05, 0.1) is 17.3 Å². The molecule has 0 aliphatic carbocycles. The summed E-state index contributed by atoms with van der Waals surface area (Å²) in [5, 5.41) is 0. The predicted molar refractivity (Wildman–Crippen MR) is 128 cm³/mol. The Hall–Kier alpha value is -1.53. The number of hydrogen-bond acceptors (Lipinski definition) is 9. The highest BCUT2D eigenvalue weighted by Gasteiger charge is 2.26. The number of rotatable bonds is 18. The summed E-state index contributed by atoms with van der Waals surface area (Å²) in [6.45, 7) is 5.75. The van der Waals surface area contributed by atoms with Crippen molar-refractivity contribution in [2.45, 2.75) is 78.6 Å². The van der Waals surface area contributed by atoms with Crippen molar-refractivity contribution < 1.29 is 37.8 Å². The standard InChI is InChI=1S/C21H36O9S3/c1-4-7-10-16-31(22,23)28-19-14-13-15-20(29-32(24,25)17-11-8-5-2)21(19)30-33(26,27)18-12-9-6-3/h13-15H,4-12,16-18H2,1-3H3. The average molecular weight is 529 g/mol. The Morgan fingerprint density at radius 2 is 0.879 bits per heavy atom. The first-order chi connectivity index (χ1) is 15.5. The van der Waals surface area contributed by atoms with E-state index in [0.29, 0.717) is 38.5 Å². The predicted octanol–water partition coefficient (Wildman–Crippen LogP) is 4.38. The van der Waals surface area contributed by atoms with Crippen LogP contribution in [0, 0.1) is 0 Å². The molecule has 0 amide bonds. The molecule has 12 heteroatoms. The molecule has 1 aromatic carbocycles. The van der Waals surface area contributed by atoms with E-state index in [1.807, 2.05) is 20.8 Å². The van der Waals surface area contributed by atoms with Crippen molar-refractivity contribution in [3.8, 4) is 17.2 Å². The highest BCUT2D eigenvalue weighted by molar-refractivity contribution is 7.87. The third-order valence-electron chi connectivity index (χ3n) is 4.58. The summed E-state index contributed by atoms with van der Waals surface area (Å²) in [6, 6.07) is 3.71. The van der Waals surface area contributed by atoms with Crippen LogP contribution < -0.4 is 12.5 Å². The van der Waals surface area contributed by atoms with Crippen molar-refractivity contribution >= 4 is 30.4 Å². The maximum absolute atomic E-state index is 12.5. The second kappa shape index (κ2) is 14.0. The van der Waals surface area contributed by atoms with Crippen molar-refractivity contribution in [1.82, 2.24) is 0 Å². The largest absolute Gasteiger partial charge is 0.378 e. The van der Waals surface area contributed by atoms with E-state index in [1.165, 1.54) is 18.2 Å². The molecule has 192 valence electrons. The quantitative estimate of drug-likeness (QED) is 0.201. The fourth-order valence-corrected chi connectivity index (χ4v) is 5.97. The molecule has 0 aliphatic heterocycles.